The maximum atomic E-state index is 13.3. The molecular formula is C12H19ClFN. The molecule has 0 saturated heterocycles. The molecule has 1 rings (SSSR count). The van der Waals surface area contributed by atoms with Crippen molar-refractivity contribution in [2.45, 2.75) is 38.6 Å². The van der Waals surface area contributed by atoms with Crippen molar-refractivity contribution < 1.29 is 4.39 Å². The number of hydrogen-bond acceptors (Lipinski definition) is 1. The molecule has 0 aliphatic rings. The van der Waals surface area contributed by atoms with E-state index in [0.29, 0.717) is 5.56 Å². The standard InChI is InChI=1S/C12H18FN.ClH/c1-2-3-4-9-12(14)10-7-5-6-8-11(10)13;/h5-8,12H,2-4,9,14H2,1H3;1H/t12-;/m0./s1. The van der Waals surface area contributed by atoms with E-state index < -0.39 is 0 Å². The van der Waals surface area contributed by atoms with Crippen molar-refractivity contribution in [3.63, 3.8) is 0 Å². The highest BCUT2D eigenvalue weighted by atomic mass is 35.5. The van der Waals surface area contributed by atoms with E-state index in [1.54, 1.807) is 12.1 Å². The average Bonchev–Trinajstić information content (AvgIpc) is 2.18. The van der Waals surface area contributed by atoms with Crippen LogP contribution in [-0.2, 0) is 0 Å². The fourth-order valence-electron chi connectivity index (χ4n) is 1.55. The molecular weight excluding hydrogens is 213 g/mol. The molecule has 1 atom stereocenters. The van der Waals surface area contributed by atoms with E-state index in [4.69, 9.17) is 5.73 Å². The first-order chi connectivity index (χ1) is 6.75. The van der Waals surface area contributed by atoms with Gasteiger partial charge < -0.3 is 5.73 Å². The lowest BCUT2D eigenvalue weighted by molar-refractivity contribution is 0.539. The van der Waals surface area contributed by atoms with Crippen LogP contribution < -0.4 is 5.73 Å². The molecule has 0 radical (unpaired) electrons. The SMILES string of the molecule is CCCCC[C@H](N)c1ccccc1F.Cl. The molecule has 0 bridgehead atoms. The molecule has 0 saturated carbocycles. The number of benzene rings is 1. The second-order valence-electron chi connectivity index (χ2n) is 3.62. The molecule has 0 amide bonds. The Bertz CT molecular complexity index is 278. The van der Waals surface area contributed by atoms with E-state index in [1.807, 2.05) is 6.07 Å². The third-order valence-electron chi connectivity index (χ3n) is 2.42. The molecule has 0 aromatic heterocycles. The summed E-state index contributed by atoms with van der Waals surface area (Å²) in [6, 6.07) is 6.61. The first kappa shape index (κ1) is 14.4. The topological polar surface area (TPSA) is 26.0 Å². The van der Waals surface area contributed by atoms with Gasteiger partial charge in [-0.05, 0) is 12.5 Å². The minimum atomic E-state index is -0.184. The van der Waals surface area contributed by atoms with Gasteiger partial charge in [0.05, 0.1) is 0 Å². The summed E-state index contributed by atoms with van der Waals surface area (Å²) in [6.07, 6.45) is 4.28. The first-order valence-corrected chi connectivity index (χ1v) is 5.25. The van der Waals surface area contributed by atoms with Crippen LogP contribution in [-0.4, -0.2) is 0 Å². The molecule has 3 heteroatoms. The maximum absolute atomic E-state index is 13.3. The van der Waals surface area contributed by atoms with E-state index >= 15 is 0 Å². The minimum Gasteiger partial charge on any atom is -0.324 e. The van der Waals surface area contributed by atoms with Crippen molar-refractivity contribution in [3.8, 4) is 0 Å². The Morgan fingerprint density at radius 1 is 1.27 bits per heavy atom. The zero-order valence-corrected chi connectivity index (χ0v) is 9.90. The zero-order valence-electron chi connectivity index (χ0n) is 9.08. The fourth-order valence-corrected chi connectivity index (χ4v) is 1.55. The van der Waals surface area contributed by atoms with Crippen LogP contribution in [0, 0.1) is 5.82 Å². The van der Waals surface area contributed by atoms with E-state index in [2.05, 4.69) is 6.92 Å². The quantitative estimate of drug-likeness (QED) is 0.766. The second-order valence-corrected chi connectivity index (χ2v) is 3.62. The van der Waals surface area contributed by atoms with Gasteiger partial charge in [-0.1, -0.05) is 44.4 Å². The van der Waals surface area contributed by atoms with Crippen molar-refractivity contribution in [2.24, 2.45) is 5.73 Å². The molecule has 0 aliphatic heterocycles. The predicted octanol–water partition coefficient (Wildman–Crippen LogP) is 3.83. The molecule has 0 fully saturated rings. The maximum Gasteiger partial charge on any atom is 0.127 e. The van der Waals surface area contributed by atoms with Crippen LogP contribution in [0.25, 0.3) is 0 Å². The Hall–Kier alpha value is -0.600. The number of halogens is 2. The van der Waals surface area contributed by atoms with Gasteiger partial charge in [-0.2, -0.15) is 0 Å². The van der Waals surface area contributed by atoms with Gasteiger partial charge in [-0.25, -0.2) is 4.39 Å². The lowest BCUT2D eigenvalue weighted by Crippen LogP contribution is -2.11. The van der Waals surface area contributed by atoms with Gasteiger partial charge in [0.2, 0.25) is 0 Å². The summed E-state index contributed by atoms with van der Waals surface area (Å²) in [7, 11) is 0. The summed E-state index contributed by atoms with van der Waals surface area (Å²) in [5, 5.41) is 0. The molecule has 86 valence electrons. The summed E-state index contributed by atoms with van der Waals surface area (Å²) >= 11 is 0. The summed E-state index contributed by atoms with van der Waals surface area (Å²) in [5.41, 5.74) is 6.54. The highest BCUT2D eigenvalue weighted by Crippen LogP contribution is 2.19. The summed E-state index contributed by atoms with van der Waals surface area (Å²) in [5.74, 6) is -0.184. The lowest BCUT2D eigenvalue weighted by atomic mass is 10.0. The van der Waals surface area contributed by atoms with E-state index in [0.717, 1.165) is 12.8 Å². The Kier molecular flexibility index (Phi) is 7.35. The van der Waals surface area contributed by atoms with Gasteiger partial charge in [-0.15, -0.1) is 12.4 Å². The van der Waals surface area contributed by atoms with E-state index in [-0.39, 0.29) is 24.3 Å². The third kappa shape index (κ3) is 4.63. The van der Waals surface area contributed by atoms with Crippen molar-refractivity contribution in [2.75, 3.05) is 0 Å². The molecule has 2 N–H and O–H groups in total. The first-order valence-electron chi connectivity index (χ1n) is 5.25. The van der Waals surface area contributed by atoms with Crippen molar-refractivity contribution in [1.29, 1.82) is 0 Å². The van der Waals surface area contributed by atoms with Gasteiger partial charge >= 0.3 is 0 Å². The van der Waals surface area contributed by atoms with Gasteiger partial charge in [0.1, 0.15) is 5.82 Å². The Balaban J connectivity index is 0.00000196. The molecule has 1 aromatic rings. The van der Waals surface area contributed by atoms with Gasteiger partial charge in [0, 0.05) is 11.6 Å². The zero-order chi connectivity index (χ0) is 10.4. The number of hydrogen-bond donors (Lipinski definition) is 1. The predicted molar refractivity (Wildman–Crippen MR) is 64.7 cm³/mol. The monoisotopic (exact) mass is 231 g/mol. The van der Waals surface area contributed by atoms with Crippen molar-refractivity contribution in [1.82, 2.24) is 0 Å². The Labute approximate surface area is 97.3 Å². The third-order valence-corrected chi connectivity index (χ3v) is 2.42. The summed E-state index contributed by atoms with van der Waals surface area (Å²) in [4.78, 5) is 0. The Morgan fingerprint density at radius 3 is 2.53 bits per heavy atom. The number of rotatable bonds is 5. The van der Waals surface area contributed by atoms with Gasteiger partial charge in [0.15, 0.2) is 0 Å². The summed E-state index contributed by atoms with van der Waals surface area (Å²) in [6.45, 7) is 2.15. The van der Waals surface area contributed by atoms with Gasteiger partial charge in [0.25, 0.3) is 0 Å². The van der Waals surface area contributed by atoms with Crippen molar-refractivity contribution >= 4 is 12.4 Å². The normalized spacial score (nSPS) is 11.9. The van der Waals surface area contributed by atoms with Crippen LogP contribution in [0.5, 0.6) is 0 Å². The molecule has 0 heterocycles. The molecule has 15 heavy (non-hydrogen) atoms. The van der Waals surface area contributed by atoms with Crippen LogP contribution in [0.1, 0.15) is 44.2 Å². The molecule has 0 spiro atoms. The van der Waals surface area contributed by atoms with Crippen LogP contribution in [0.4, 0.5) is 4.39 Å². The number of nitrogens with two attached hydrogens (primary N) is 1. The van der Waals surface area contributed by atoms with Crippen LogP contribution in [0.3, 0.4) is 0 Å². The van der Waals surface area contributed by atoms with Crippen LogP contribution in [0.2, 0.25) is 0 Å². The lowest BCUT2D eigenvalue weighted by Gasteiger charge is -2.12. The number of unbranched alkanes of at least 4 members (excludes halogenated alkanes) is 2. The van der Waals surface area contributed by atoms with E-state index in [1.165, 1.54) is 18.9 Å². The van der Waals surface area contributed by atoms with Crippen molar-refractivity contribution in [3.05, 3.63) is 35.6 Å². The largest absolute Gasteiger partial charge is 0.324 e. The molecule has 0 aliphatic carbocycles. The molecule has 0 unspecified atom stereocenters. The van der Waals surface area contributed by atoms with Crippen LogP contribution in [0.15, 0.2) is 24.3 Å². The van der Waals surface area contributed by atoms with Gasteiger partial charge in [-0.3, -0.25) is 0 Å². The van der Waals surface area contributed by atoms with Crippen LogP contribution >= 0.6 is 12.4 Å². The second kappa shape index (κ2) is 7.66. The highest BCUT2D eigenvalue weighted by Gasteiger charge is 2.09. The smallest absolute Gasteiger partial charge is 0.127 e. The Morgan fingerprint density at radius 2 is 1.93 bits per heavy atom. The average molecular weight is 232 g/mol. The summed E-state index contributed by atoms with van der Waals surface area (Å²) < 4.78 is 13.3. The molecule has 1 aromatic carbocycles. The highest BCUT2D eigenvalue weighted by molar-refractivity contribution is 5.85. The molecule has 1 nitrogen and oxygen atoms in total. The fraction of sp³-hybridized carbons (Fsp3) is 0.500. The minimum absolute atomic E-state index is 0. The van der Waals surface area contributed by atoms with E-state index in [9.17, 15) is 4.39 Å².